The van der Waals surface area contributed by atoms with E-state index in [2.05, 4.69) is 54.6 Å². The second kappa shape index (κ2) is 19.3. The molecule has 5 rings (SSSR count). The van der Waals surface area contributed by atoms with E-state index in [4.69, 9.17) is 14.2 Å². The van der Waals surface area contributed by atoms with Crippen LogP contribution in [0.15, 0.2) is 109 Å². The van der Waals surface area contributed by atoms with Gasteiger partial charge in [0, 0.05) is 37.4 Å². The highest BCUT2D eigenvalue weighted by Gasteiger charge is 2.25. The Morgan fingerprint density at radius 1 is 0.780 bits per heavy atom. The summed E-state index contributed by atoms with van der Waals surface area (Å²) in [4.78, 5) is 15.5. The van der Waals surface area contributed by atoms with Crippen molar-refractivity contribution in [2.24, 2.45) is 0 Å². The fourth-order valence-electron chi connectivity index (χ4n) is 6.82. The molecular weight excluding hydrogens is 622 g/mol. The number of para-hydroxylation sites is 1. The second-order valence-corrected chi connectivity index (χ2v) is 14.2. The smallest absolute Gasteiger partial charge is 0.408 e. The summed E-state index contributed by atoms with van der Waals surface area (Å²) in [5, 5.41) is 3.12. The minimum Gasteiger partial charge on any atom is -0.496 e. The predicted molar refractivity (Wildman–Crippen MR) is 201 cm³/mol. The Bertz CT molecular complexity index is 1510. The molecule has 1 aliphatic heterocycles. The van der Waals surface area contributed by atoms with Gasteiger partial charge in [0.2, 0.25) is 0 Å². The number of ether oxygens (including phenoxy) is 3. The summed E-state index contributed by atoms with van der Waals surface area (Å²) in [6, 6.07) is 37.1. The number of carbonyl (C=O) groups excluding carboxylic acids is 1. The van der Waals surface area contributed by atoms with E-state index >= 15 is 0 Å². The van der Waals surface area contributed by atoms with Gasteiger partial charge < -0.3 is 24.0 Å². The molecule has 1 N–H and O–H groups in total. The van der Waals surface area contributed by atoms with Gasteiger partial charge in [-0.3, -0.25) is 4.90 Å². The van der Waals surface area contributed by atoms with Crippen LogP contribution < -0.4 is 10.1 Å². The van der Waals surface area contributed by atoms with Gasteiger partial charge in [-0.05, 0) is 54.9 Å². The number of likely N-dealkylation sites (tertiary alicyclic amines) is 1. The summed E-state index contributed by atoms with van der Waals surface area (Å²) in [5.74, 6) is 0.893. The fraction of sp³-hybridized carbons (Fsp3) is 0.419. The highest BCUT2D eigenvalue weighted by atomic mass is 16.6. The molecule has 7 nitrogen and oxygen atoms in total. The Morgan fingerprint density at radius 3 is 2.04 bits per heavy atom. The van der Waals surface area contributed by atoms with Crippen LogP contribution in [0.3, 0.4) is 0 Å². The summed E-state index contributed by atoms with van der Waals surface area (Å²) in [5.41, 5.74) is 5.89. The van der Waals surface area contributed by atoms with E-state index in [1.807, 2.05) is 78.9 Å². The number of piperidine rings is 1. The number of amides is 1. The van der Waals surface area contributed by atoms with E-state index in [1.54, 1.807) is 7.11 Å². The van der Waals surface area contributed by atoms with Gasteiger partial charge in [-0.2, -0.15) is 0 Å². The summed E-state index contributed by atoms with van der Waals surface area (Å²) in [6.07, 6.45) is 5.99. The summed E-state index contributed by atoms with van der Waals surface area (Å²) >= 11 is 0. The third kappa shape index (κ3) is 12.0. The van der Waals surface area contributed by atoms with Gasteiger partial charge in [-0.1, -0.05) is 110 Å². The molecular formula is C43H56N3O4+. The number of benzene rings is 4. The first-order valence-electron chi connectivity index (χ1n) is 18.3. The molecule has 0 unspecified atom stereocenters. The maximum Gasteiger partial charge on any atom is 0.408 e. The number of nitrogens with one attached hydrogen (secondary N) is 1. The van der Waals surface area contributed by atoms with Gasteiger partial charge in [-0.15, -0.1) is 0 Å². The summed E-state index contributed by atoms with van der Waals surface area (Å²) in [7, 11) is 6.37. The third-order valence-corrected chi connectivity index (χ3v) is 9.63. The average molecular weight is 679 g/mol. The van der Waals surface area contributed by atoms with E-state index in [-0.39, 0.29) is 18.2 Å². The molecule has 1 saturated heterocycles. The lowest BCUT2D eigenvalue weighted by molar-refractivity contribution is -0.903. The standard InChI is InChI=1S/C43H55N3O4/c1-46(2,30-14-4-5-15-31-49-34-39-20-12-13-21-41(39)48-3)33-36-24-22-35(23-25-36)32-45-28-26-40(27-29-45)50-43(47)44-42(37-16-8-6-9-17-37)38-18-10-7-11-19-38/h6-13,16-25,40,42H,4-5,14-15,26-34H2,1-3H3/p+1. The number of alkyl carbamates (subject to hydrolysis) is 1. The van der Waals surface area contributed by atoms with Crippen molar-refractivity contribution in [1.29, 1.82) is 0 Å². The van der Waals surface area contributed by atoms with E-state index < -0.39 is 0 Å². The van der Waals surface area contributed by atoms with Crippen LogP contribution in [-0.4, -0.2) is 69.0 Å². The van der Waals surface area contributed by atoms with Crippen LogP contribution in [0, 0.1) is 0 Å². The zero-order chi connectivity index (χ0) is 35.0. The molecule has 4 aromatic rings. The lowest BCUT2D eigenvalue weighted by atomic mass is 9.99. The first-order valence-corrected chi connectivity index (χ1v) is 18.3. The van der Waals surface area contributed by atoms with Crippen molar-refractivity contribution < 1.29 is 23.5 Å². The molecule has 7 heteroatoms. The minimum absolute atomic E-state index is 0.0709. The Hall–Kier alpha value is -4.17. The maximum absolute atomic E-state index is 13.0. The van der Waals surface area contributed by atoms with E-state index in [9.17, 15) is 4.79 Å². The molecule has 1 amide bonds. The third-order valence-electron chi connectivity index (χ3n) is 9.63. The molecule has 0 spiro atoms. The van der Waals surface area contributed by atoms with Crippen LogP contribution >= 0.6 is 0 Å². The van der Waals surface area contributed by atoms with Gasteiger partial charge in [0.25, 0.3) is 0 Å². The SMILES string of the molecule is COc1ccccc1COCCCCCC[N+](C)(C)Cc1ccc(CN2CCC(OC(=O)NC(c3ccccc3)c3ccccc3)CC2)cc1. The van der Waals surface area contributed by atoms with Gasteiger partial charge in [0.15, 0.2) is 0 Å². The van der Waals surface area contributed by atoms with Crippen molar-refractivity contribution in [1.82, 2.24) is 10.2 Å². The molecule has 0 atom stereocenters. The quantitative estimate of drug-likeness (QED) is 0.0845. The van der Waals surface area contributed by atoms with Crippen LogP contribution in [0.5, 0.6) is 5.75 Å². The topological polar surface area (TPSA) is 60.0 Å². The first kappa shape index (κ1) is 37.1. The number of quaternary nitrogens is 1. The Morgan fingerprint density at radius 2 is 1.38 bits per heavy atom. The Balaban J connectivity index is 0.961. The number of rotatable bonds is 18. The van der Waals surface area contributed by atoms with Crippen molar-refractivity contribution in [3.05, 3.63) is 137 Å². The van der Waals surface area contributed by atoms with Crippen molar-refractivity contribution >= 4 is 6.09 Å². The molecule has 1 heterocycles. The van der Waals surface area contributed by atoms with E-state index in [0.29, 0.717) is 6.61 Å². The van der Waals surface area contributed by atoms with Crippen LogP contribution in [0.4, 0.5) is 4.79 Å². The molecule has 1 fully saturated rings. The maximum atomic E-state index is 13.0. The summed E-state index contributed by atoms with van der Waals surface area (Å²) < 4.78 is 18.2. The number of unbranched alkanes of at least 4 members (excludes halogenated alkanes) is 3. The van der Waals surface area contributed by atoms with Crippen molar-refractivity contribution in [2.75, 3.05) is 47.4 Å². The molecule has 0 bridgehead atoms. The lowest BCUT2D eigenvalue weighted by Crippen LogP contribution is -2.40. The second-order valence-electron chi connectivity index (χ2n) is 14.2. The van der Waals surface area contributed by atoms with Crippen molar-refractivity contribution in [3.8, 4) is 5.75 Å². The fourth-order valence-corrected chi connectivity index (χ4v) is 6.82. The van der Waals surface area contributed by atoms with Crippen LogP contribution in [-0.2, 0) is 29.2 Å². The van der Waals surface area contributed by atoms with Crippen LogP contribution in [0.2, 0.25) is 0 Å². The Kier molecular flexibility index (Phi) is 14.3. The van der Waals surface area contributed by atoms with Gasteiger partial charge in [-0.25, -0.2) is 4.79 Å². The highest BCUT2D eigenvalue weighted by molar-refractivity contribution is 5.69. The molecule has 0 saturated carbocycles. The minimum atomic E-state index is -0.358. The normalized spacial score (nSPS) is 14.1. The Labute approximate surface area is 299 Å². The van der Waals surface area contributed by atoms with Crippen LogP contribution in [0.1, 0.15) is 72.4 Å². The monoisotopic (exact) mass is 678 g/mol. The van der Waals surface area contributed by atoms with Crippen LogP contribution in [0.25, 0.3) is 0 Å². The van der Waals surface area contributed by atoms with Gasteiger partial charge in [0.05, 0.1) is 40.4 Å². The number of carbonyl (C=O) groups is 1. The van der Waals surface area contributed by atoms with Crippen molar-refractivity contribution in [2.45, 2.75) is 70.4 Å². The first-order chi connectivity index (χ1) is 24.4. The molecule has 0 radical (unpaired) electrons. The van der Waals surface area contributed by atoms with Gasteiger partial charge >= 0.3 is 6.09 Å². The molecule has 0 aromatic heterocycles. The zero-order valence-corrected chi connectivity index (χ0v) is 30.3. The number of hydrogen-bond acceptors (Lipinski definition) is 5. The van der Waals surface area contributed by atoms with Gasteiger partial charge in [0.1, 0.15) is 18.4 Å². The molecule has 266 valence electrons. The molecule has 50 heavy (non-hydrogen) atoms. The molecule has 4 aromatic carbocycles. The molecule has 0 aliphatic carbocycles. The van der Waals surface area contributed by atoms with Crippen molar-refractivity contribution in [3.63, 3.8) is 0 Å². The highest BCUT2D eigenvalue weighted by Crippen LogP contribution is 2.24. The largest absolute Gasteiger partial charge is 0.496 e. The summed E-state index contributed by atoms with van der Waals surface area (Å²) in [6.45, 7) is 6.34. The number of hydrogen-bond donors (Lipinski definition) is 1. The number of nitrogens with zero attached hydrogens (tertiary/aromatic N) is 2. The van der Waals surface area contributed by atoms with E-state index in [1.165, 1.54) is 30.4 Å². The van der Waals surface area contributed by atoms with E-state index in [0.717, 1.165) is 85.5 Å². The molecule has 1 aliphatic rings. The lowest BCUT2D eigenvalue weighted by Gasteiger charge is -2.32. The average Bonchev–Trinajstić information content (AvgIpc) is 3.14. The zero-order valence-electron chi connectivity index (χ0n) is 30.3. The number of methoxy groups -OCH3 is 1. The predicted octanol–water partition coefficient (Wildman–Crippen LogP) is 8.53.